The lowest BCUT2D eigenvalue weighted by atomic mass is 10.1. The van der Waals surface area contributed by atoms with Gasteiger partial charge in [0.2, 0.25) is 0 Å². The molecule has 0 N–H and O–H groups in total. The molecule has 2 nitrogen and oxygen atoms in total. The Morgan fingerprint density at radius 1 is 1.10 bits per heavy atom. The van der Waals surface area contributed by atoms with Gasteiger partial charge in [-0.3, -0.25) is 0 Å². The Bertz CT molecular complexity index is 568. The lowest BCUT2D eigenvalue weighted by Gasteiger charge is -2.12. The minimum Gasteiger partial charge on any atom is -0.493 e. The number of hydrogen-bond donors (Lipinski definition) is 0. The molecule has 0 fully saturated rings. The predicted octanol–water partition coefficient (Wildman–Crippen LogP) is 4.10. The molecule has 0 bridgehead atoms. The molecule has 0 radical (unpaired) electrons. The number of hydrogen-bond acceptors (Lipinski definition) is 2. The fraction of sp³-hybridized carbons (Fsp3) is 0.294. The Balaban J connectivity index is 1.55. The van der Waals surface area contributed by atoms with Gasteiger partial charge < -0.3 is 9.47 Å². The molecule has 0 saturated carbocycles. The van der Waals surface area contributed by atoms with E-state index in [1.807, 2.05) is 18.2 Å². The van der Waals surface area contributed by atoms with Crippen LogP contribution in [0.25, 0.3) is 0 Å². The number of alkyl halides is 1. The van der Waals surface area contributed by atoms with Crippen molar-refractivity contribution in [3.63, 3.8) is 0 Å². The molecule has 0 saturated heterocycles. The fourth-order valence-corrected chi connectivity index (χ4v) is 2.88. The van der Waals surface area contributed by atoms with Crippen molar-refractivity contribution in [1.82, 2.24) is 0 Å². The molecular weight excluding hydrogens is 316 g/mol. The number of fused-ring (bicyclic) bond motifs is 1. The van der Waals surface area contributed by atoms with Crippen LogP contribution in [-0.4, -0.2) is 11.6 Å². The highest BCUT2D eigenvalue weighted by Gasteiger charge is 2.13. The van der Waals surface area contributed by atoms with E-state index in [0.717, 1.165) is 25.2 Å². The largest absolute Gasteiger partial charge is 0.493 e. The van der Waals surface area contributed by atoms with Crippen molar-refractivity contribution in [3.8, 4) is 5.75 Å². The van der Waals surface area contributed by atoms with Gasteiger partial charge in [-0.2, -0.15) is 0 Å². The highest BCUT2D eigenvalue weighted by atomic mass is 79.9. The van der Waals surface area contributed by atoms with E-state index in [4.69, 9.17) is 9.47 Å². The average molecular weight is 333 g/mol. The van der Waals surface area contributed by atoms with Crippen molar-refractivity contribution in [2.24, 2.45) is 0 Å². The molecule has 2 aromatic carbocycles. The van der Waals surface area contributed by atoms with Crippen molar-refractivity contribution < 1.29 is 9.47 Å². The first-order valence-corrected chi connectivity index (χ1v) is 7.77. The maximum atomic E-state index is 5.84. The summed E-state index contributed by atoms with van der Waals surface area (Å²) in [5, 5.41) is 0.0306. The summed E-state index contributed by atoms with van der Waals surface area (Å²) in [5.41, 5.74) is 3.79. The van der Waals surface area contributed by atoms with Crippen LogP contribution in [-0.2, 0) is 24.2 Å². The van der Waals surface area contributed by atoms with Crippen LogP contribution >= 0.6 is 15.9 Å². The van der Waals surface area contributed by atoms with Crippen molar-refractivity contribution in [2.75, 3.05) is 6.61 Å². The molecule has 1 unspecified atom stereocenters. The van der Waals surface area contributed by atoms with Gasteiger partial charge in [0.25, 0.3) is 0 Å². The van der Waals surface area contributed by atoms with Crippen LogP contribution in [0.2, 0.25) is 0 Å². The first kappa shape index (κ1) is 13.7. The molecule has 0 aliphatic carbocycles. The zero-order valence-corrected chi connectivity index (χ0v) is 12.8. The minimum atomic E-state index is 0.0306. The van der Waals surface area contributed by atoms with Gasteiger partial charge in [0, 0.05) is 12.8 Å². The zero-order chi connectivity index (χ0) is 13.8. The second kappa shape index (κ2) is 6.42. The Kier molecular flexibility index (Phi) is 4.38. The number of halogens is 1. The molecule has 2 aromatic rings. The van der Waals surface area contributed by atoms with Gasteiger partial charge >= 0.3 is 0 Å². The molecule has 3 rings (SSSR count). The van der Waals surface area contributed by atoms with Gasteiger partial charge in [-0.15, -0.1) is 0 Å². The molecular formula is C17H17BrO2. The second-order valence-electron chi connectivity index (χ2n) is 4.95. The number of benzene rings is 2. The van der Waals surface area contributed by atoms with Crippen LogP contribution in [0.4, 0.5) is 0 Å². The van der Waals surface area contributed by atoms with Gasteiger partial charge in [-0.25, -0.2) is 0 Å². The van der Waals surface area contributed by atoms with E-state index in [1.165, 1.54) is 16.7 Å². The normalized spacial score (nSPS) is 14.7. The molecule has 3 heteroatoms. The maximum absolute atomic E-state index is 5.84. The fourth-order valence-electron chi connectivity index (χ4n) is 2.37. The van der Waals surface area contributed by atoms with Crippen molar-refractivity contribution >= 4 is 15.9 Å². The quantitative estimate of drug-likeness (QED) is 0.767. The molecule has 0 spiro atoms. The molecule has 104 valence electrons. The third-order valence-electron chi connectivity index (χ3n) is 3.42. The van der Waals surface area contributed by atoms with Crippen molar-refractivity contribution in [3.05, 3.63) is 65.2 Å². The van der Waals surface area contributed by atoms with E-state index >= 15 is 0 Å². The van der Waals surface area contributed by atoms with Gasteiger partial charge in [0.15, 0.2) is 0 Å². The lowest BCUT2D eigenvalue weighted by molar-refractivity contribution is 0.104. The Morgan fingerprint density at radius 3 is 2.80 bits per heavy atom. The summed E-state index contributed by atoms with van der Waals surface area (Å²) in [6.45, 7) is 1.44. The third-order valence-corrected chi connectivity index (χ3v) is 4.01. The molecule has 0 aromatic heterocycles. The Labute approximate surface area is 127 Å². The first-order chi connectivity index (χ1) is 9.81. The van der Waals surface area contributed by atoms with Crippen molar-refractivity contribution in [2.45, 2.75) is 24.5 Å². The monoisotopic (exact) mass is 332 g/mol. The van der Waals surface area contributed by atoms with Crippen LogP contribution in [0, 0.1) is 0 Å². The summed E-state index contributed by atoms with van der Waals surface area (Å²) in [4.78, 5) is 0. The first-order valence-electron chi connectivity index (χ1n) is 6.85. The molecule has 1 atom stereocenters. The molecule has 1 aliphatic heterocycles. The topological polar surface area (TPSA) is 18.5 Å². The summed E-state index contributed by atoms with van der Waals surface area (Å²) in [7, 11) is 0. The van der Waals surface area contributed by atoms with E-state index < -0.39 is 0 Å². The van der Waals surface area contributed by atoms with Gasteiger partial charge in [0.1, 0.15) is 10.8 Å². The van der Waals surface area contributed by atoms with Crippen molar-refractivity contribution in [1.29, 1.82) is 0 Å². The van der Waals surface area contributed by atoms with Crippen LogP contribution in [0.15, 0.2) is 48.5 Å². The van der Waals surface area contributed by atoms with E-state index in [1.54, 1.807) is 0 Å². The zero-order valence-electron chi connectivity index (χ0n) is 11.2. The Morgan fingerprint density at radius 2 is 1.95 bits per heavy atom. The number of ether oxygens (including phenoxy) is 2. The van der Waals surface area contributed by atoms with Crippen LogP contribution < -0.4 is 4.74 Å². The number of rotatable bonds is 5. The maximum Gasteiger partial charge on any atom is 0.122 e. The summed E-state index contributed by atoms with van der Waals surface area (Å²) >= 11 is 3.60. The smallest absolute Gasteiger partial charge is 0.122 e. The molecule has 1 aliphatic rings. The lowest BCUT2D eigenvalue weighted by Crippen LogP contribution is -2.08. The molecule has 20 heavy (non-hydrogen) atoms. The summed E-state index contributed by atoms with van der Waals surface area (Å²) in [5.74, 6) is 1.03. The van der Waals surface area contributed by atoms with Crippen LogP contribution in [0.5, 0.6) is 5.75 Å². The second-order valence-corrected chi connectivity index (χ2v) is 5.97. The third kappa shape index (κ3) is 3.41. The van der Waals surface area contributed by atoms with Crippen LogP contribution in [0.1, 0.15) is 16.7 Å². The highest BCUT2D eigenvalue weighted by Crippen LogP contribution is 2.27. The standard InChI is InChI=1S/C17H17BrO2/c18-17(20-12-13-4-2-1-3-5-13)11-14-6-7-16-15(10-14)8-9-19-16/h1-7,10,17H,8-9,11-12H2. The predicted molar refractivity (Wildman–Crippen MR) is 83.3 cm³/mol. The highest BCUT2D eigenvalue weighted by molar-refractivity contribution is 9.09. The Hall–Kier alpha value is -1.32. The molecule has 0 amide bonds. The molecule has 1 heterocycles. The van der Waals surface area contributed by atoms with E-state index in [9.17, 15) is 0 Å². The average Bonchev–Trinajstić information content (AvgIpc) is 2.94. The van der Waals surface area contributed by atoms with Gasteiger partial charge in [-0.05, 0) is 22.8 Å². The van der Waals surface area contributed by atoms with E-state index in [2.05, 4.69) is 46.3 Å². The van der Waals surface area contributed by atoms with Gasteiger partial charge in [-0.1, -0.05) is 58.4 Å². The summed E-state index contributed by atoms with van der Waals surface area (Å²) in [6.07, 6.45) is 1.88. The van der Waals surface area contributed by atoms with E-state index in [-0.39, 0.29) is 5.01 Å². The minimum absolute atomic E-state index is 0.0306. The van der Waals surface area contributed by atoms with Crippen LogP contribution in [0.3, 0.4) is 0 Å². The van der Waals surface area contributed by atoms with E-state index in [0.29, 0.717) is 6.61 Å². The summed E-state index contributed by atoms with van der Waals surface area (Å²) in [6, 6.07) is 16.6. The summed E-state index contributed by atoms with van der Waals surface area (Å²) < 4.78 is 11.4. The van der Waals surface area contributed by atoms with Gasteiger partial charge in [0.05, 0.1) is 13.2 Å². The SMILES string of the molecule is BrC(Cc1ccc2c(c1)CCO2)OCc1ccccc1.